The van der Waals surface area contributed by atoms with Crippen molar-refractivity contribution in [3.63, 3.8) is 0 Å². The van der Waals surface area contributed by atoms with Gasteiger partial charge in [-0.15, -0.1) is 6.42 Å². The molecule has 0 amide bonds. The van der Waals surface area contributed by atoms with Crippen LogP contribution in [0.25, 0.3) is 55.3 Å². The van der Waals surface area contributed by atoms with Gasteiger partial charge in [-0.05, 0) is 116 Å². The summed E-state index contributed by atoms with van der Waals surface area (Å²) in [5.41, 5.74) is 20.2. The number of anilines is 2. The second-order valence-electron chi connectivity index (χ2n) is 16.2. The molecule has 0 unspecified atom stereocenters. The summed E-state index contributed by atoms with van der Waals surface area (Å²) in [5.74, 6) is 3.09. The maximum Gasteiger partial charge on any atom is 0.0726 e. The van der Waals surface area contributed by atoms with Crippen LogP contribution >= 0.6 is 0 Å². The first-order chi connectivity index (χ1) is 30.2. The Morgan fingerprint density at radius 2 is 1.13 bits per heavy atom. The third-order valence-corrected chi connectivity index (χ3v) is 13.0. The highest BCUT2D eigenvalue weighted by Gasteiger charge is 2.52. The van der Waals surface area contributed by atoms with Gasteiger partial charge in [-0.25, -0.2) is 0 Å². The van der Waals surface area contributed by atoms with Gasteiger partial charge >= 0.3 is 0 Å². The smallest absolute Gasteiger partial charge is 0.0726 e. The van der Waals surface area contributed by atoms with E-state index in [0.29, 0.717) is 0 Å². The van der Waals surface area contributed by atoms with Gasteiger partial charge in [0.15, 0.2) is 0 Å². The largest absolute Gasteiger partial charge is 0.313 e. The second-order valence-corrected chi connectivity index (χ2v) is 16.2. The van der Waals surface area contributed by atoms with E-state index < -0.39 is 5.41 Å². The molecule has 11 rings (SSSR count). The molecule has 8 aromatic rings. The van der Waals surface area contributed by atoms with Crippen molar-refractivity contribution in [2.24, 2.45) is 0 Å². The molecule has 0 radical (unpaired) electrons. The summed E-state index contributed by atoms with van der Waals surface area (Å²) in [4.78, 5) is 2.48. The maximum atomic E-state index is 6.45. The summed E-state index contributed by atoms with van der Waals surface area (Å²) in [6.45, 7) is 2.23. The first-order valence-corrected chi connectivity index (χ1v) is 21.3. The van der Waals surface area contributed by atoms with E-state index in [4.69, 9.17) is 6.42 Å². The van der Waals surface area contributed by atoms with Crippen LogP contribution in [0.15, 0.2) is 218 Å². The lowest BCUT2D eigenvalue weighted by molar-refractivity contribution is 0.793. The first kappa shape index (κ1) is 36.4. The van der Waals surface area contributed by atoms with Crippen LogP contribution in [0, 0.1) is 12.3 Å². The van der Waals surface area contributed by atoms with Crippen molar-refractivity contribution < 1.29 is 0 Å². The van der Waals surface area contributed by atoms with Gasteiger partial charge in [-0.2, -0.15) is 0 Å². The first-order valence-electron chi connectivity index (χ1n) is 21.3. The van der Waals surface area contributed by atoms with Crippen molar-refractivity contribution in [1.82, 2.24) is 0 Å². The minimum absolute atomic E-state index is 0.446. The van der Waals surface area contributed by atoms with Crippen LogP contribution in [0.5, 0.6) is 0 Å². The number of allylic oxidation sites excluding steroid dienone is 8. The lowest BCUT2D eigenvalue weighted by Crippen LogP contribution is -2.26. The third-order valence-electron chi connectivity index (χ3n) is 13.0. The fraction of sp³-hybridized carbons (Fsp3) is 0.0667. The Bertz CT molecular complexity index is 3170. The second kappa shape index (κ2) is 14.9. The lowest BCUT2D eigenvalue weighted by Gasteiger charge is -2.33. The van der Waals surface area contributed by atoms with Gasteiger partial charge in [0.1, 0.15) is 0 Å². The van der Waals surface area contributed by atoms with E-state index in [9.17, 15) is 0 Å². The summed E-state index contributed by atoms with van der Waals surface area (Å²) in [6.07, 6.45) is 19.6. The normalized spacial score (nSPS) is 14.5. The molecule has 1 spiro atoms. The molecular weight excluding hydrogens is 735 g/mol. The molecule has 0 fully saturated rings. The van der Waals surface area contributed by atoms with Crippen LogP contribution in [0.4, 0.5) is 11.4 Å². The van der Waals surface area contributed by atoms with E-state index in [1.54, 1.807) is 0 Å². The number of hydrogen-bond acceptors (Lipinski definition) is 1. The summed E-state index contributed by atoms with van der Waals surface area (Å²) in [6, 6.07) is 66.5. The van der Waals surface area contributed by atoms with Gasteiger partial charge in [-0.3, -0.25) is 0 Å². The van der Waals surface area contributed by atoms with Gasteiger partial charge in [0.25, 0.3) is 0 Å². The maximum absolute atomic E-state index is 6.45. The van der Waals surface area contributed by atoms with E-state index in [1.165, 1.54) is 72.2 Å². The van der Waals surface area contributed by atoms with E-state index in [0.717, 1.165) is 46.4 Å². The van der Waals surface area contributed by atoms with Crippen molar-refractivity contribution in [2.75, 3.05) is 4.90 Å². The minimum atomic E-state index is -0.446. The fourth-order valence-electron chi connectivity index (χ4n) is 10.5. The quantitative estimate of drug-likeness (QED) is 0.115. The number of para-hydroxylation sites is 1. The fourth-order valence-corrected chi connectivity index (χ4v) is 10.5. The molecule has 8 aromatic carbocycles. The van der Waals surface area contributed by atoms with E-state index in [2.05, 4.69) is 230 Å². The van der Waals surface area contributed by atoms with Crippen molar-refractivity contribution >= 4 is 33.3 Å². The highest BCUT2D eigenvalue weighted by atomic mass is 15.2. The number of nitrogens with zero attached hydrogens (tertiary/aromatic N) is 1. The van der Waals surface area contributed by atoms with Crippen LogP contribution in [-0.2, 0) is 5.41 Å². The third kappa shape index (κ3) is 5.64. The van der Waals surface area contributed by atoms with Crippen molar-refractivity contribution in [2.45, 2.75) is 25.2 Å². The van der Waals surface area contributed by atoms with Crippen LogP contribution < -0.4 is 4.90 Å². The van der Waals surface area contributed by atoms with Crippen LogP contribution in [-0.4, -0.2) is 0 Å². The SMILES string of the molecule is C#C/C(=C\C=C(/C)N(c1ccccc1C1=CC=CCC1)c1cccc2c1-c1ccccc1C21c2ccccc2-c2ccccc21)c1ccc(-c2ccccc2)c2ccccc12. The van der Waals surface area contributed by atoms with Gasteiger partial charge in [0.05, 0.1) is 16.8 Å². The van der Waals surface area contributed by atoms with Crippen LogP contribution in [0.1, 0.15) is 53.1 Å². The van der Waals surface area contributed by atoms with E-state index in [1.807, 2.05) is 0 Å². The molecule has 3 aliphatic rings. The number of fused-ring (bicyclic) bond motifs is 11. The van der Waals surface area contributed by atoms with E-state index in [-0.39, 0.29) is 0 Å². The van der Waals surface area contributed by atoms with Crippen LogP contribution in [0.3, 0.4) is 0 Å². The number of hydrogen-bond donors (Lipinski definition) is 0. The molecule has 1 heteroatoms. The molecule has 0 N–H and O–H groups in total. The highest BCUT2D eigenvalue weighted by Crippen LogP contribution is 2.64. The van der Waals surface area contributed by atoms with Gasteiger partial charge < -0.3 is 4.90 Å². The molecule has 0 saturated carbocycles. The Morgan fingerprint density at radius 3 is 1.84 bits per heavy atom. The molecule has 0 aromatic heterocycles. The molecular formula is C60H43N. The standard InChI is InChI=1S/C60H43N/c1-3-42(45-39-40-46(43-21-6-4-7-22-43)49-27-11-10-26-48(45)49)38-37-41(2)61(57-35-19-15-25-47(57)44-23-8-5-9-24-44)58-36-20-34-56-59(58)52-30-14-18-33-55(52)60(56)53-31-16-12-28-50(53)51-29-13-17-32-54(51)60/h1,4-8,10-23,25-40H,9,24H2,2H3/b41-37+,42-38+. The molecule has 61 heavy (non-hydrogen) atoms. The number of rotatable bonds is 7. The van der Waals surface area contributed by atoms with Crippen molar-refractivity contribution in [3.8, 4) is 45.7 Å². The molecule has 0 bridgehead atoms. The monoisotopic (exact) mass is 777 g/mol. The average molecular weight is 778 g/mol. The topological polar surface area (TPSA) is 3.24 Å². The number of benzene rings is 8. The van der Waals surface area contributed by atoms with Crippen LogP contribution in [0.2, 0.25) is 0 Å². The number of terminal acetylenes is 1. The van der Waals surface area contributed by atoms with Crippen molar-refractivity contribution in [1.29, 1.82) is 0 Å². The Hall–Kier alpha value is -7.66. The predicted octanol–water partition coefficient (Wildman–Crippen LogP) is 15.3. The Morgan fingerprint density at radius 1 is 0.541 bits per heavy atom. The molecule has 0 atom stereocenters. The van der Waals surface area contributed by atoms with Gasteiger partial charge in [0, 0.05) is 22.4 Å². The molecule has 0 aliphatic heterocycles. The molecule has 3 aliphatic carbocycles. The highest BCUT2D eigenvalue weighted by molar-refractivity contribution is 6.05. The zero-order valence-electron chi connectivity index (χ0n) is 34.1. The Balaban J connectivity index is 1.14. The average Bonchev–Trinajstić information content (AvgIpc) is 3.80. The van der Waals surface area contributed by atoms with Crippen molar-refractivity contribution in [3.05, 3.63) is 251 Å². The zero-order valence-corrected chi connectivity index (χ0v) is 34.1. The molecule has 288 valence electrons. The molecule has 1 nitrogen and oxygen atoms in total. The van der Waals surface area contributed by atoms with E-state index >= 15 is 0 Å². The Kier molecular flexibility index (Phi) is 8.87. The molecule has 0 saturated heterocycles. The zero-order chi connectivity index (χ0) is 40.9. The minimum Gasteiger partial charge on any atom is -0.313 e. The summed E-state index contributed by atoms with van der Waals surface area (Å²) >= 11 is 0. The molecule has 0 heterocycles. The predicted molar refractivity (Wildman–Crippen MR) is 258 cm³/mol. The lowest BCUT2D eigenvalue weighted by atomic mass is 9.70. The summed E-state index contributed by atoms with van der Waals surface area (Å²) < 4.78 is 0. The summed E-state index contributed by atoms with van der Waals surface area (Å²) in [5, 5.41) is 2.32. The van der Waals surface area contributed by atoms with Gasteiger partial charge in [-0.1, -0.05) is 194 Å². The van der Waals surface area contributed by atoms with Gasteiger partial charge in [0.2, 0.25) is 0 Å². The summed E-state index contributed by atoms with van der Waals surface area (Å²) in [7, 11) is 0. The Labute approximate surface area is 359 Å².